The minimum absolute atomic E-state index is 0. The van der Waals surface area contributed by atoms with E-state index in [9.17, 15) is 13.9 Å². The number of alkyl halides is 2. The molecule has 0 fully saturated rings. The fraction of sp³-hybridized carbons (Fsp3) is 0.167. The smallest absolute Gasteiger partial charge is 0.257 e. The van der Waals surface area contributed by atoms with E-state index in [1.54, 1.807) is 30.3 Å². The fourth-order valence-electron chi connectivity index (χ4n) is 1.76. The Morgan fingerprint density at radius 3 is 2.35 bits per heavy atom. The zero-order chi connectivity index (χ0) is 11.7. The second-order valence-electron chi connectivity index (χ2n) is 3.58. The van der Waals surface area contributed by atoms with Crippen molar-refractivity contribution in [3.8, 4) is 5.75 Å². The molecule has 0 aliphatic heterocycles. The molecule has 0 unspecified atom stereocenters. The molecular weight excluding hydrogens is 248 g/mol. The number of aromatic hydroxyl groups is 1. The van der Waals surface area contributed by atoms with Gasteiger partial charge < -0.3 is 10.8 Å². The van der Waals surface area contributed by atoms with Gasteiger partial charge in [0.05, 0.1) is 6.04 Å². The van der Waals surface area contributed by atoms with Crippen molar-refractivity contribution in [1.82, 2.24) is 0 Å². The van der Waals surface area contributed by atoms with Gasteiger partial charge in [0.25, 0.3) is 6.43 Å². The molecule has 0 saturated carbocycles. The van der Waals surface area contributed by atoms with Gasteiger partial charge in [-0.05, 0) is 16.8 Å². The van der Waals surface area contributed by atoms with E-state index in [-0.39, 0.29) is 23.7 Å². The van der Waals surface area contributed by atoms with Gasteiger partial charge in [0.1, 0.15) is 5.75 Å². The zero-order valence-electron chi connectivity index (χ0n) is 8.81. The summed E-state index contributed by atoms with van der Waals surface area (Å²) in [5.41, 5.74) is 5.50. The largest absolute Gasteiger partial charge is 0.508 e. The lowest BCUT2D eigenvalue weighted by Crippen LogP contribution is -2.19. The molecule has 0 aromatic heterocycles. The number of benzene rings is 2. The average Bonchev–Trinajstić information content (AvgIpc) is 2.28. The van der Waals surface area contributed by atoms with Crippen LogP contribution in [0.2, 0.25) is 0 Å². The van der Waals surface area contributed by atoms with Crippen LogP contribution in [0, 0.1) is 0 Å². The molecule has 0 bridgehead atoms. The molecule has 0 spiro atoms. The van der Waals surface area contributed by atoms with Crippen LogP contribution in [0.15, 0.2) is 36.4 Å². The summed E-state index contributed by atoms with van der Waals surface area (Å²) in [5, 5.41) is 11.0. The number of fused-ring (bicyclic) bond motifs is 1. The topological polar surface area (TPSA) is 46.2 Å². The molecule has 0 heterocycles. The molecule has 2 rings (SSSR count). The van der Waals surface area contributed by atoms with Gasteiger partial charge in [0.2, 0.25) is 0 Å². The molecular formula is C12H12ClF2NO. The fourth-order valence-corrected chi connectivity index (χ4v) is 1.76. The van der Waals surface area contributed by atoms with Crippen molar-refractivity contribution in [3.63, 3.8) is 0 Å². The second kappa shape index (κ2) is 5.29. The minimum Gasteiger partial charge on any atom is -0.508 e. The lowest BCUT2D eigenvalue weighted by molar-refractivity contribution is 0.116. The number of phenols is 1. The lowest BCUT2D eigenvalue weighted by Gasteiger charge is -2.15. The van der Waals surface area contributed by atoms with E-state index in [0.29, 0.717) is 5.39 Å². The Hall–Kier alpha value is -1.39. The molecule has 1 atom stereocenters. The third kappa shape index (κ3) is 2.48. The van der Waals surface area contributed by atoms with Crippen molar-refractivity contribution in [2.75, 3.05) is 0 Å². The van der Waals surface area contributed by atoms with E-state index in [1.165, 1.54) is 6.07 Å². The molecule has 5 heteroatoms. The molecule has 3 N–H and O–H groups in total. The van der Waals surface area contributed by atoms with Crippen molar-refractivity contribution in [2.45, 2.75) is 12.5 Å². The molecule has 0 aliphatic rings. The predicted octanol–water partition coefficient (Wildman–Crippen LogP) is 3.23. The Morgan fingerprint density at radius 1 is 1.06 bits per heavy atom. The monoisotopic (exact) mass is 259 g/mol. The highest BCUT2D eigenvalue weighted by atomic mass is 35.5. The van der Waals surface area contributed by atoms with Crippen LogP contribution in [0.1, 0.15) is 11.6 Å². The maximum Gasteiger partial charge on any atom is 0.257 e. The van der Waals surface area contributed by atoms with E-state index in [2.05, 4.69) is 0 Å². The Kier molecular flexibility index (Phi) is 4.26. The van der Waals surface area contributed by atoms with Crippen molar-refractivity contribution in [2.24, 2.45) is 5.73 Å². The Balaban J connectivity index is 0.00000144. The van der Waals surface area contributed by atoms with E-state index >= 15 is 0 Å². The minimum atomic E-state index is -2.70. The summed E-state index contributed by atoms with van der Waals surface area (Å²) in [6.45, 7) is 0. The normalized spacial score (nSPS) is 12.5. The highest BCUT2D eigenvalue weighted by molar-refractivity contribution is 5.88. The van der Waals surface area contributed by atoms with Crippen molar-refractivity contribution >= 4 is 23.2 Å². The Morgan fingerprint density at radius 2 is 1.71 bits per heavy atom. The predicted molar refractivity (Wildman–Crippen MR) is 65.8 cm³/mol. The first-order chi connectivity index (χ1) is 7.61. The first kappa shape index (κ1) is 13.7. The van der Waals surface area contributed by atoms with E-state index in [4.69, 9.17) is 5.73 Å². The van der Waals surface area contributed by atoms with Gasteiger partial charge in [-0.2, -0.15) is 0 Å². The van der Waals surface area contributed by atoms with Crippen LogP contribution < -0.4 is 5.73 Å². The number of nitrogens with two attached hydrogens (primary N) is 1. The first-order valence-corrected chi connectivity index (χ1v) is 4.85. The van der Waals surface area contributed by atoms with Gasteiger partial charge in [-0.3, -0.25) is 0 Å². The summed E-state index contributed by atoms with van der Waals surface area (Å²) in [7, 11) is 0. The maximum atomic E-state index is 12.6. The third-order valence-electron chi connectivity index (χ3n) is 2.55. The number of phenolic OH excluding ortho intramolecular Hbond substituents is 1. The van der Waals surface area contributed by atoms with Gasteiger partial charge in [0.15, 0.2) is 0 Å². The van der Waals surface area contributed by atoms with Crippen LogP contribution in [0.3, 0.4) is 0 Å². The van der Waals surface area contributed by atoms with Crippen molar-refractivity contribution in [1.29, 1.82) is 0 Å². The Bertz CT molecular complexity index is 519. The highest BCUT2D eigenvalue weighted by Gasteiger charge is 2.22. The number of hydrogen-bond donors (Lipinski definition) is 2. The SMILES string of the molecule is Cl.N[C@@H](c1c(O)ccc2ccccc12)C(F)F. The van der Waals surface area contributed by atoms with Crippen LogP contribution in [0.25, 0.3) is 10.8 Å². The summed E-state index contributed by atoms with van der Waals surface area (Å²) < 4.78 is 25.2. The maximum absolute atomic E-state index is 12.6. The summed E-state index contributed by atoms with van der Waals surface area (Å²) in [6, 6.07) is 8.58. The summed E-state index contributed by atoms with van der Waals surface area (Å²) >= 11 is 0. The molecule has 2 aromatic carbocycles. The van der Waals surface area contributed by atoms with Crippen molar-refractivity contribution in [3.05, 3.63) is 42.0 Å². The number of rotatable bonds is 2. The quantitative estimate of drug-likeness (QED) is 0.870. The summed E-state index contributed by atoms with van der Waals surface area (Å²) in [6.07, 6.45) is -2.70. The van der Waals surface area contributed by atoms with Gasteiger partial charge in [-0.25, -0.2) is 8.78 Å². The zero-order valence-corrected chi connectivity index (χ0v) is 9.62. The van der Waals surface area contributed by atoms with Crippen molar-refractivity contribution < 1.29 is 13.9 Å². The number of halogens is 3. The second-order valence-corrected chi connectivity index (χ2v) is 3.58. The first-order valence-electron chi connectivity index (χ1n) is 4.85. The van der Waals surface area contributed by atoms with Crippen LogP contribution in [0.4, 0.5) is 8.78 Å². The molecule has 0 aliphatic carbocycles. The molecule has 17 heavy (non-hydrogen) atoms. The molecule has 2 nitrogen and oxygen atoms in total. The molecule has 92 valence electrons. The Labute approximate surface area is 103 Å². The molecule has 0 amide bonds. The van der Waals surface area contributed by atoms with Gasteiger partial charge in [-0.1, -0.05) is 30.3 Å². The summed E-state index contributed by atoms with van der Waals surface area (Å²) in [5.74, 6) is -0.188. The summed E-state index contributed by atoms with van der Waals surface area (Å²) in [4.78, 5) is 0. The molecule has 2 aromatic rings. The van der Waals surface area contributed by atoms with Gasteiger partial charge in [-0.15, -0.1) is 12.4 Å². The van der Waals surface area contributed by atoms with Crippen LogP contribution >= 0.6 is 12.4 Å². The highest BCUT2D eigenvalue weighted by Crippen LogP contribution is 2.33. The van der Waals surface area contributed by atoms with E-state index in [0.717, 1.165) is 5.39 Å². The average molecular weight is 260 g/mol. The van der Waals surface area contributed by atoms with E-state index in [1.807, 2.05) is 0 Å². The van der Waals surface area contributed by atoms with Gasteiger partial charge >= 0.3 is 0 Å². The molecule has 0 radical (unpaired) electrons. The third-order valence-corrected chi connectivity index (χ3v) is 2.55. The lowest BCUT2D eigenvalue weighted by atomic mass is 9.98. The van der Waals surface area contributed by atoms with Crippen LogP contribution in [-0.2, 0) is 0 Å². The van der Waals surface area contributed by atoms with Crippen LogP contribution in [0.5, 0.6) is 5.75 Å². The van der Waals surface area contributed by atoms with Crippen LogP contribution in [-0.4, -0.2) is 11.5 Å². The van der Waals surface area contributed by atoms with E-state index < -0.39 is 12.5 Å². The number of hydrogen-bond acceptors (Lipinski definition) is 2. The molecule has 0 saturated heterocycles. The van der Waals surface area contributed by atoms with Gasteiger partial charge in [0, 0.05) is 5.56 Å². The standard InChI is InChI=1S/C12H11F2NO.ClH/c13-12(14)11(15)10-8-4-2-1-3-7(8)5-6-9(10)16;/h1-6,11-12,16H,15H2;1H/t11-;/m0./s1.